The minimum Gasteiger partial charge on any atom is -0.187 e. The van der Waals surface area contributed by atoms with Crippen LogP contribution in [0.2, 0.25) is 5.02 Å². The number of aromatic nitrogens is 4. The van der Waals surface area contributed by atoms with Crippen molar-refractivity contribution >= 4 is 27.9 Å². The lowest BCUT2D eigenvalue weighted by Crippen LogP contribution is -1.98. The summed E-state index contributed by atoms with van der Waals surface area (Å²) < 4.78 is 1.84. The largest absolute Gasteiger partial charge is 0.234 e. The number of rotatable bonds is 4. The molecule has 2 aromatic carbocycles. The van der Waals surface area contributed by atoms with Gasteiger partial charge in [0.15, 0.2) is 5.82 Å². The van der Waals surface area contributed by atoms with Crippen molar-refractivity contribution < 1.29 is 0 Å². The molecule has 0 fully saturated rings. The van der Waals surface area contributed by atoms with Crippen LogP contribution in [0.5, 0.6) is 0 Å². The lowest BCUT2D eigenvalue weighted by atomic mass is 10.1. The molecule has 0 aliphatic carbocycles. The highest BCUT2D eigenvalue weighted by atomic mass is 35.5. The lowest BCUT2D eigenvalue weighted by molar-refractivity contribution is 0.830. The predicted molar refractivity (Wildman–Crippen MR) is 92.2 cm³/mol. The van der Waals surface area contributed by atoms with Gasteiger partial charge in [0.25, 0.3) is 0 Å². The van der Waals surface area contributed by atoms with Gasteiger partial charge in [0.1, 0.15) is 5.01 Å². The van der Waals surface area contributed by atoms with E-state index < -0.39 is 0 Å². The van der Waals surface area contributed by atoms with Crippen LogP contribution >= 0.6 is 22.9 Å². The van der Waals surface area contributed by atoms with Crippen molar-refractivity contribution in [1.29, 1.82) is 0 Å². The molecule has 6 heteroatoms. The number of hydrogen-bond donors (Lipinski definition) is 0. The quantitative estimate of drug-likeness (QED) is 0.563. The SMILES string of the molecule is Clc1cccc(Cc2nn3c(Cc4ccccc4)nnc3s2)c1. The van der Waals surface area contributed by atoms with E-state index in [2.05, 4.69) is 33.5 Å². The Bertz CT molecular complexity index is 946. The molecule has 0 spiro atoms. The zero-order chi connectivity index (χ0) is 15.6. The van der Waals surface area contributed by atoms with E-state index in [0.29, 0.717) is 0 Å². The Morgan fingerprint density at radius 1 is 0.913 bits per heavy atom. The second kappa shape index (κ2) is 6.10. The molecule has 4 rings (SSSR count). The molecule has 0 aliphatic heterocycles. The fourth-order valence-corrected chi connectivity index (χ4v) is 3.58. The van der Waals surface area contributed by atoms with Gasteiger partial charge in [-0.3, -0.25) is 0 Å². The molecule has 0 saturated carbocycles. The number of fused-ring (bicyclic) bond motifs is 1. The van der Waals surface area contributed by atoms with E-state index in [4.69, 9.17) is 11.6 Å². The van der Waals surface area contributed by atoms with Gasteiger partial charge in [0.05, 0.1) is 0 Å². The summed E-state index contributed by atoms with van der Waals surface area (Å²) in [6.07, 6.45) is 1.47. The molecule has 0 amide bonds. The van der Waals surface area contributed by atoms with Crippen LogP contribution in [-0.4, -0.2) is 19.8 Å². The van der Waals surface area contributed by atoms with Crippen LogP contribution in [0.4, 0.5) is 0 Å². The first-order valence-electron chi connectivity index (χ1n) is 7.26. The highest BCUT2D eigenvalue weighted by Crippen LogP contribution is 2.20. The van der Waals surface area contributed by atoms with Gasteiger partial charge in [-0.2, -0.15) is 9.61 Å². The molecule has 4 aromatic rings. The van der Waals surface area contributed by atoms with Crippen LogP contribution in [0.25, 0.3) is 4.96 Å². The van der Waals surface area contributed by atoms with Gasteiger partial charge < -0.3 is 0 Å². The van der Waals surface area contributed by atoms with Gasteiger partial charge >= 0.3 is 0 Å². The fraction of sp³-hybridized carbons (Fsp3) is 0.118. The van der Waals surface area contributed by atoms with Crippen LogP contribution in [0.15, 0.2) is 54.6 Å². The maximum absolute atomic E-state index is 6.04. The Morgan fingerprint density at radius 2 is 1.74 bits per heavy atom. The molecular weight excluding hydrogens is 328 g/mol. The topological polar surface area (TPSA) is 43.1 Å². The van der Waals surface area contributed by atoms with Crippen molar-refractivity contribution in [2.24, 2.45) is 0 Å². The normalized spacial score (nSPS) is 11.2. The molecule has 0 aliphatic rings. The molecule has 0 N–H and O–H groups in total. The number of hydrogen-bond acceptors (Lipinski definition) is 4. The van der Waals surface area contributed by atoms with E-state index in [1.54, 1.807) is 11.3 Å². The predicted octanol–water partition coefficient (Wildman–Crippen LogP) is 4.02. The maximum atomic E-state index is 6.04. The summed E-state index contributed by atoms with van der Waals surface area (Å²) in [4.78, 5) is 0.827. The summed E-state index contributed by atoms with van der Waals surface area (Å²) >= 11 is 7.60. The smallest absolute Gasteiger partial charge is 0.187 e. The Labute approximate surface area is 142 Å². The number of benzene rings is 2. The Balaban J connectivity index is 1.61. The van der Waals surface area contributed by atoms with E-state index in [9.17, 15) is 0 Å². The summed E-state index contributed by atoms with van der Waals surface area (Å²) in [5, 5.41) is 14.9. The number of halogens is 1. The zero-order valence-corrected chi connectivity index (χ0v) is 13.8. The van der Waals surface area contributed by atoms with E-state index in [-0.39, 0.29) is 0 Å². The minimum atomic E-state index is 0.725. The highest BCUT2D eigenvalue weighted by Gasteiger charge is 2.12. The molecule has 0 atom stereocenters. The second-order valence-electron chi connectivity index (χ2n) is 5.28. The maximum Gasteiger partial charge on any atom is 0.234 e. The molecule has 114 valence electrons. The van der Waals surface area contributed by atoms with Gasteiger partial charge in [-0.15, -0.1) is 10.2 Å². The molecule has 0 unspecified atom stereocenters. The van der Waals surface area contributed by atoms with Crippen molar-refractivity contribution in [3.05, 3.63) is 81.6 Å². The summed E-state index contributed by atoms with van der Waals surface area (Å²) in [6, 6.07) is 18.1. The third-order valence-electron chi connectivity index (χ3n) is 3.55. The molecule has 0 radical (unpaired) electrons. The standard InChI is InChI=1S/C17H13ClN4S/c18-14-8-4-7-13(9-14)11-16-21-22-15(19-20-17(22)23-16)10-12-5-2-1-3-6-12/h1-9H,10-11H2. The van der Waals surface area contributed by atoms with Gasteiger partial charge in [0, 0.05) is 17.9 Å². The van der Waals surface area contributed by atoms with Crippen molar-refractivity contribution in [3.8, 4) is 0 Å². The first-order chi connectivity index (χ1) is 11.3. The van der Waals surface area contributed by atoms with Crippen LogP contribution in [0.3, 0.4) is 0 Å². The van der Waals surface area contributed by atoms with E-state index in [1.807, 2.05) is 40.9 Å². The van der Waals surface area contributed by atoms with Crippen molar-refractivity contribution in [2.45, 2.75) is 12.8 Å². The average molecular weight is 341 g/mol. The van der Waals surface area contributed by atoms with E-state index >= 15 is 0 Å². The van der Waals surface area contributed by atoms with Crippen molar-refractivity contribution in [2.75, 3.05) is 0 Å². The molecule has 2 heterocycles. The Kier molecular flexibility index (Phi) is 3.81. The first kappa shape index (κ1) is 14.4. The van der Waals surface area contributed by atoms with Crippen LogP contribution in [0.1, 0.15) is 22.0 Å². The van der Waals surface area contributed by atoms with Crippen LogP contribution in [0, 0.1) is 0 Å². The van der Waals surface area contributed by atoms with E-state index in [1.165, 1.54) is 5.56 Å². The first-order valence-corrected chi connectivity index (χ1v) is 8.46. The molecular formula is C17H13ClN4S. The monoisotopic (exact) mass is 340 g/mol. The Morgan fingerprint density at radius 3 is 2.57 bits per heavy atom. The van der Waals surface area contributed by atoms with Gasteiger partial charge in [0.2, 0.25) is 4.96 Å². The summed E-state index contributed by atoms with van der Waals surface area (Å²) in [7, 11) is 0. The average Bonchev–Trinajstić information content (AvgIpc) is 3.10. The molecule has 4 nitrogen and oxygen atoms in total. The lowest BCUT2D eigenvalue weighted by Gasteiger charge is -1.99. The van der Waals surface area contributed by atoms with Crippen LogP contribution in [-0.2, 0) is 12.8 Å². The minimum absolute atomic E-state index is 0.725. The molecule has 23 heavy (non-hydrogen) atoms. The second-order valence-corrected chi connectivity index (χ2v) is 6.75. The molecule has 2 aromatic heterocycles. The number of nitrogens with zero attached hydrogens (tertiary/aromatic N) is 4. The van der Waals surface area contributed by atoms with Gasteiger partial charge in [-0.25, -0.2) is 0 Å². The third-order valence-corrected chi connectivity index (χ3v) is 4.68. The molecule has 0 bridgehead atoms. The van der Waals surface area contributed by atoms with Crippen LogP contribution < -0.4 is 0 Å². The van der Waals surface area contributed by atoms with Gasteiger partial charge in [-0.05, 0) is 23.3 Å². The summed E-state index contributed by atoms with van der Waals surface area (Å²) in [5.74, 6) is 0.861. The van der Waals surface area contributed by atoms with Crippen molar-refractivity contribution in [3.63, 3.8) is 0 Å². The summed E-state index contributed by atoms with van der Waals surface area (Å²) in [6.45, 7) is 0. The fourth-order valence-electron chi connectivity index (χ4n) is 2.48. The van der Waals surface area contributed by atoms with Crippen molar-refractivity contribution in [1.82, 2.24) is 19.8 Å². The zero-order valence-electron chi connectivity index (χ0n) is 12.2. The Hall–Kier alpha value is -2.24. The third kappa shape index (κ3) is 3.11. The van der Waals surface area contributed by atoms with Gasteiger partial charge in [-0.1, -0.05) is 65.4 Å². The van der Waals surface area contributed by atoms with E-state index in [0.717, 1.165) is 39.2 Å². The highest BCUT2D eigenvalue weighted by molar-refractivity contribution is 7.16. The molecule has 0 saturated heterocycles. The summed E-state index contributed by atoms with van der Waals surface area (Å²) in [5.41, 5.74) is 2.35.